The lowest BCUT2D eigenvalue weighted by Crippen LogP contribution is -2.41. The number of aromatic nitrogens is 4. The molecule has 4 rings (SSSR count). The van der Waals surface area contributed by atoms with E-state index in [-0.39, 0.29) is 23.3 Å². The van der Waals surface area contributed by atoms with Gasteiger partial charge in [-0.25, -0.2) is 0 Å². The Bertz CT molecular complexity index is 1190. The van der Waals surface area contributed by atoms with Crippen LogP contribution in [0.1, 0.15) is 51.8 Å². The van der Waals surface area contributed by atoms with Crippen molar-refractivity contribution in [3.05, 3.63) is 27.6 Å². The molecule has 2 amide bonds. The number of aryl methyl sites for hydroxylation is 2. The van der Waals surface area contributed by atoms with Crippen molar-refractivity contribution >= 4 is 39.1 Å². The van der Waals surface area contributed by atoms with Crippen LogP contribution < -0.4 is 11.3 Å². The lowest BCUT2D eigenvalue weighted by molar-refractivity contribution is -0.134. The van der Waals surface area contributed by atoms with Crippen molar-refractivity contribution in [1.29, 1.82) is 0 Å². The average Bonchev–Trinajstić information content (AvgIpc) is 3.41. The third-order valence-electron chi connectivity index (χ3n) is 6.25. The van der Waals surface area contributed by atoms with E-state index >= 15 is 0 Å². The summed E-state index contributed by atoms with van der Waals surface area (Å²) in [4.78, 5) is 38.7. The molecule has 0 radical (unpaired) electrons. The van der Waals surface area contributed by atoms with Gasteiger partial charge in [-0.15, -0.1) is 21.5 Å². The molecule has 0 aromatic carbocycles. The van der Waals surface area contributed by atoms with E-state index in [0.717, 1.165) is 17.8 Å². The second-order valence-corrected chi connectivity index (χ2v) is 9.85. The standard InChI is InChI=1S/C22H30N6O3S/c1-14(2)6-12-27-21(31)19-16(9-13-32-19)28-17(24-25-22(27)28)4-3-5-18(29)26-10-7-15(8-11-26)20(23)30/h9,13-15H,3-8,10-12H2,1-2H3,(H2,23,30). The number of hydrogen-bond donors (Lipinski definition) is 1. The number of piperidine rings is 1. The Morgan fingerprint density at radius 1 is 1.25 bits per heavy atom. The lowest BCUT2D eigenvalue weighted by atomic mass is 9.96. The zero-order chi connectivity index (χ0) is 22.8. The van der Waals surface area contributed by atoms with E-state index in [1.165, 1.54) is 11.3 Å². The number of thiophene rings is 1. The monoisotopic (exact) mass is 458 g/mol. The topological polar surface area (TPSA) is 116 Å². The van der Waals surface area contributed by atoms with Crippen LogP contribution in [-0.2, 0) is 22.6 Å². The zero-order valence-corrected chi connectivity index (χ0v) is 19.4. The Balaban J connectivity index is 1.48. The summed E-state index contributed by atoms with van der Waals surface area (Å²) in [5.41, 5.74) is 6.19. The van der Waals surface area contributed by atoms with E-state index in [1.807, 2.05) is 20.7 Å². The predicted octanol–water partition coefficient (Wildman–Crippen LogP) is 2.20. The van der Waals surface area contributed by atoms with Gasteiger partial charge >= 0.3 is 0 Å². The van der Waals surface area contributed by atoms with Crippen LogP contribution in [-0.4, -0.2) is 49.0 Å². The lowest BCUT2D eigenvalue weighted by Gasteiger charge is -2.30. The molecule has 0 spiro atoms. The van der Waals surface area contributed by atoms with Gasteiger partial charge in [-0.05, 0) is 43.0 Å². The molecule has 0 atom stereocenters. The van der Waals surface area contributed by atoms with Crippen LogP contribution in [0.4, 0.5) is 0 Å². The zero-order valence-electron chi connectivity index (χ0n) is 18.6. The van der Waals surface area contributed by atoms with Gasteiger partial charge in [0.05, 0.1) is 5.52 Å². The summed E-state index contributed by atoms with van der Waals surface area (Å²) >= 11 is 1.44. The maximum Gasteiger partial charge on any atom is 0.272 e. The Morgan fingerprint density at radius 3 is 2.69 bits per heavy atom. The first-order valence-electron chi connectivity index (χ1n) is 11.3. The second kappa shape index (κ2) is 9.40. The molecule has 10 heteroatoms. The highest BCUT2D eigenvalue weighted by atomic mass is 32.1. The first-order valence-corrected chi connectivity index (χ1v) is 12.2. The molecule has 1 saturated heterocycles. The van der Waals surface area contributed by atoms with E-state index in [1.54, 1.807) is 4.57 Å². The van der Waals surface area contributed by atoms with Crippen LogP contribution >= 0.6 is 11.3 Å². The number of rotatable bonds is 8. The number of nitrogens with zero attached hydrogens (tertiary/aromatic N) is 5. The molecule has 0 bridgehead atoms. The van der Waals surface area contributed by atoms with E-state index in [4.69, 9.17) is 5.73 Å². The van der Waals surface area contributed by atoms with E-state index in [9.17, 15) is 14.4 Å². The van der Waals surface area contributed by atoms with Gasteiger partial charge in [-0.2, -0.15) is 0 Å². The Morgan fingerprint density at radius 2 is 2.00 bits per heavy atom. The highest BCUT2D eigenvalue weighted by Crippen LogP contribution is 2.22. The highest BCUT2D eigenvalue weighted by molar-refractivity contribution is 7.17. The fraction of sp³-hybridized carbons (Fsp3) is 0.591. The minimum Gasteiger partial charge on any atom is -0.369 e. The summed E-state index contributed by atoms with van der Waals surface area (Å²) in [5.74, 6) is 1.50. The van der Waals surface area contributed by atoms with Gasteiger partial charge in [-0.1, -0.05) is 13.8 Å². The molecule has 9 nitrogen and oxygen atoms in total. The van der Waals surface area contributed by atoms with E-state index in [2.05, 4.69) is 24.0 Å². The Labute approximate surface area is 190 Å². The number of hydrogen-bond acceptors (Lipinski definition) is 6. The maximum atomic E-state index is 13.0. The molecule has 172 valence electrons. The molecule has 32 heavy (non-hydrogen) atoms. The summed E-state index contributed by atoms with van der Waals surface area (Å²) in [6.45, 7) is 6.03. The van der Waals surface area contributed by atoms with Crippen molar-refractivity contribution in [2.24, 2.45) is 17.6 Å². The number of carbonyl (C=O) groups excluding carboxylic acids is 2. The number of primary amides is 1. The Kier molecular flexibility index (Phi) is 6.59. The number of nitrogens with two attached hydrogens (primary N) is 1. The third kappa shape index (κ3) is 4.41. The highest BCUT2D eigenvalue weighted by Gasteiger charge is 2.25. The van der Waals surface area contributed by atoms with Gasteiger partial charge in [-0.3, -0.25) is 23.4 Å². The molecule has 3 aromatic heterocycles. The number of fused-ring (bicyclic) bond motifs is 3. The fourth-order valence-electron chi connectivity index (χ4n) is 4.30. The van der Waals surface area contributed by atoms with Gasteiger partial charge in [0.15, 0.2) is 0 Å². The first kappa shape index (κ1) is 22.4. The fourth-order valence-corrected chi connectivity index (χ4v) is 5.12. The minimum atomic E-state index is -0.276. The van der Waals surface area contributed by atoms with Crippen LogP contribution in [0, 0.1) is 11.8 Å². The van der Waals surface area contributed by atoms with Gasteiger partial charge in [0, 0.05) is 38.4 Å². The van der Waals surface area contributed by atoms with Gasteiger partial charge in [0.25, 0.3) is 5.56 Å². The quantitative estimate of drug-likeness (QED) is 0.556. The third-order valence-corrected chi connectivity index (χ3v) is 7.14. The second-order valence-electron chi connectivity index (χ2n) is 8.94. The van der Waals surface area contributed by atoms with Crippen LogP contribution in [0.15, 0.2) is 16.2 Å². The summed E-state index contributed by atoms with van der Waals surface area (Å²) in [6.07, 6.45) is 3.81. The van der Waals surface area contributed by atoms with Crippen LogP contribution in [0.2, 0.25) is 0 Å². The summed E-state index contributed by atoms with van der Waals surface area (Å²) in [6, 6.07) is 1.93. The number of carbonyl (C=O) groups is 2. The van der Waals surface area contributed by atoms with Gasteiger partial charge in [0.2, 0.25) is 17.6 Å². The van der Waals surface area contributed by atoms with Gasteiger partial charge in [0.1, 0.15) is 10.5 Å². The van der Waals surface area contributed by atoms with Crippen LogP contribution in [0.25, 0.3) is 16.0 Å². The van der Waals surface area contributed by atoms with Crippen molar-refractivity contribution in [2.45, 2.75) is 58.9 Å². The predicted molar refractivity (Wildman–Crippen MR) is 124 cm³/mol. The van der Waals surface area contributed by atoms with Crippen LogP contribution in [0.3, 0.4) is 0 Å². The normalized spacial score (nSPS) is 15.3. The van der Waals surface area contributed by atoms with Crippen molar-refractivity contribution in [3.8, 4) is 0 Å². The smallest absolute Gasteiger partial charge is 0.272 e. The molecular formula is C22H30N6O3S. The Hall–Kier alpha value is -2.75. The number of amides is 2. The molecule has 1 aliphatic heterocycles. The van der Waals surface area contributed by atoms with E-state index in [0.29, 0.717) is 68.1 Å². The van der Waals surface area contributed by atoms with Gasteiger partial charge < -0.3 is 10.6 Å². The van der Waals surface area contributed by atoms with Crippen LogP contribution in [0.5, 0.6) is 0 Å². The largest absolute Gasteiger partial charge is 0.369 e. The van der Waals surface area contributed by atoms with Crippen molar-refractivity contribution in [1.82, 2.24) is 24.1 Å². The molecule has 0 aliphatic carbocycles. The molecular weight excluding hydrogens is 428 g/mol. The molecule has 3 aromatic rings. The minimum absolute atomic E-state index is 0.0170. The summed E-state index contributed by atoms with van der Waals surface area (Å²) < 4.78 is 4.40. The SMILES string of the molecule is CC(C)CCn1c(=O)c2sccc2n2c(CCCC(=O)N3CCC(C(N)=O)CC3)nnc12. The molecule has 1 aliphatic rings. The summed E-state index contributed by atoms with van der Waals surface area (Å²) in [7, 11) is 0. The molecule has 2 N–H and O–H groups in total. The molecule has 0 saturated carbocycles. The molecule has 4 heterocycles. The average molecular weight is 459 g/mol. The maximum absolute atomic E-state index is 13.0. The summed E-state index contributed by atoms with van der Waals surface area (Å²) in [5, 5.41) is 10.6. The van der Waals surface area contributed by atoms with Crippen molar-refractivity contribution in [2.75, 3.05) is 13.1 Å². The first-order chi connectivity index (χ1) is 15.4. The molecule has 1 fully saturated rings. The van der Waals surface area contributed by atoms with Crippen molar-refractivity contribution in [3.63, 3.8) is 0 Å². The molecule has 0 unspecified atom stereocenters. The number of likely N-dealkylation sites (tertiary alicyclic amines) is 1. The van der Waals surface area contributed by atoms with E-state index < -0.39 is 0 Å². The van der Waals surface area contributed by atoms with Crippen molar-refractivity contribution < 1.29 is 9.59 Å².